The summed E-state index contributed by atoms with van der Waals surface area (Å²) in [6.07, 6.45) is 3.61. The summed E-state index contributed by atoms with van der Waals surface area (Å²) in [4.78, 5) is 0.265. The largest absolute Gasteiger partial charge is 0.389 e. The first-order valence-electron chi connectivity index (χ1n) is 7.60. The van der Waals surface area contributed by atoms with Crippen LogP contribution in [0.5, 0.6) is 0 Å². The van der Waals surface area contributed by atoms with E-state index in [-0.39, 0.29) is 10.9 Å². The summed E-state index contributed by atoms with van der Waals surface area (Å²) < 4.78 is 27.1. The highest BCUT2D eigenvalue weighted by molar-refractivity contribution is 7.89. The zero-order valence-electron chi connectivity index (χ0n) is 13.0. The van der Waals surface area contributed by atoms with Gasteiger partial charge in [-0.15, -0.1) is 0 Å². The zero-order chi connectivity index (χ0) is 15.6. The molecule has 0 bridgehead atoms. The van der Waals surface area contributed by atoms with Gasteiger partial charge >= 0.3 is 0 Å². The second kappa shape index (κ2) is 6.46. The lowest BCUT2D eigenvalue weighted by molar-refractivity contribution is 0.199. The van der Waals surface area contributed by atoms with Crippen molar-refractivity contribution in [1.82, 2.24) is 4.31 Å². The highest BCUT2D eigenvalue weighted by Crippen LogP contribution is 2.31. The Labute approximate surface area is 127 Å². The summed E-state index contributed by atoms with van der Waals surface area (Å²) in [6, 6.07) is 6.67. The van der Waals surface area contributed by atoms with Crippen molar-refractivity contribution in [2.75, 3.05) is 7.05 Å². The van der Waals surface area contributed by atoms with Crippen LogP contribution >= 0.6 is 0 Å². The molecule has 4 nitrogen and oxygen atoms in total. The summed E-state index contributed by atoms with van der Waals surface area (Å²) >= 11 is 0. The van der Waals surface area contributed by atoms with Crippen LogP contribution in [0.15, 0.2) is 29.2 Å². The lowest BCUT2D eigenvalue weighted by Gasteiger charge is -2.35. The van der Waals surface area contributed by atoms with Crippen molar-refractivity contribution < 1.29 is 13.5 Å². The highest BCUT2D eigenvalue weighted by atomic mass is 32.2. The number of hydrogen-bond donors (Lipinski definition) is 1. The molecule has 5 heteroatoms. The van der Waals surface area contributed by atoms with Crippen molar-refractivity contribution in [3.63, 3.8) is 0 Å². The molecule has 0 radical (unpaired) electrons. The molecule has 0 spiro atoms. The summed E-state index contributed by atoms with van der Waals surface area (Å²) in [7, 11) is -1.83. The fourth-order valence-electron chi connectivity index (χ4n) is 3.12. The fourth-order valence-corrected chi connectivity index (χ4v) is 4.65. The van der Waals surface area contributed by atoms with Crippen LogP contribution in [0.2, 0.25) is 0 Å². The molecule has 3 atom stereocenters. The highest BCUT2D eigenvalue weighted by Gasteiger charge is 2.33. The third-order valence-corrected chi connectivity index (χ3v) is 6.43. The van der Waals surface area contributed by atoms with Gasteiger partial charge in [0.2, 0.25) is 10.0 Å². The molecule has 0 amide bonds. The molecule has 1 fully saturated rings. The van der Waals surface area contributed by atoms with E-state index in [9.17, 15) is 13.5 Å². The lowest BCUT2D eigenvalue weighted by Crippen LogP contribution is -2.42. The molecule has 0 saturated heterocycles. The molecule has 1 saturated carbocycles. The molecule has 1 aromatic rings. The Balaban J connectivity index is 2.30. The Hall–Kier alpha value is -0.910. The third-order valence-electron chi connectivity index (χ3n) is 4.55. The number of aliphatic hydroxyl groups is 1. The van der Waals surface area contributed by atoms with E-state index >= 15 is 0 Å². The minimum absolute atomic E-state index is 0.0685. The van der Waals surface area contributed by atoms with Gasteiger partial charge in [0.15, 0.2) is 0 Å². The molecule has 118 valence electrons. The molecular formula is C16H25NO3S. The van der Waals surface area contributed by atoms with Crippen LogP contribution in [0.1, 0.15) is 51.2 Å². The van der Waals surface area contributed by atoms with Crippen molar-refractivity contribution in [1.29, 1.82) is 0 Å². The quantitative estimate of drug-likeness (QED) is 0.930. The van der Waals surface area contributed by atoms with E-state index in [1.165, 1.54) is 10.7 Å². The number of aliphatic hydroxyl groups excluding tert-OH is 1. The zero-order valence-corrected chi connectivity index (χ0v) is 13.8. The number of nitrogens with zero attached hydrogens (tertiary/aromatic N) is 1. The Bertz CT molecular complexity index is 583. The number of benzene rings is 1. The maximum Gasteiger partial charge on any atom is 0.243 e. The van der Waals surface area contributed by atoms with Gasteiger partial charge in [0.05, 0.1) is 11.0 Å². The first-order chi connectivity index (χ1) is 9.84. The second-order valence-corrected chi connectivity index (χ2v) is 8.10. The van der Waals surface area contributed by atoms with Gasteiger partial charge in [0.1, 0.15) is 0 Å². The average molecular weight is 311 g/mol. The first kappa shape index (κ1) is 16.5. The maximum atomic E-state index is 12.8. The van der Waals surface area contributed by atoms with Gasteiger partial charge in [-0.1, -0.05) is 31.9 Å². The van der Waals surface area contributed by atoms with E-state index in [1.807, 2.05) is 0 Å². The number of rotatable bonds is 4. The molecule has 2 rings (SSSR count). The molecule has 1 aromatic carbocycles. The monoisotopic (exact) mass is 311 g/mol. The van der Waals surface area contributed by atoms with Crippen LogP contribution < -0.4 is 0 Å². The Kier molecular flexibility index (Phi) is 5.07. The smallest absolute Gasteiger partial charge is 0.243 e. The van der Waals surface area contributed by atoms with Crippen molar-refractivity contribution in [2.45, 2.75) is 56.6 Å². The van der Waals surface area contributed by atoms with Crippen molar-refractivity contribution in [3.05, 3.63) is 29.8 Å². The van der Waals surface area contributed by atoms with Crippen molar-refractivity contribution >= 4 is 10.0 Å². The predicted octanol–water partition coefficient (Wildman–Crippen LogP) is 2.94. The number of sulfonamides is 1. The molecule has 1 aliphatic rings. The van der Waals surface area contributed by atoms with Crippen molar-refractivity contribution in [3.8, 4) is 0 Å². The molecule has 0 heterocycles. The number of hydrogen-bond acceptors (Lipinski definition) is 3. The Morgan fingerprint density at radius 3 is 2.57 bits per heavy atom. The van der Waals surface area contributed by atoms with E-state index in [2.05, 4.69) is 6.92 Å². The summed E-state index contributed by atoms with van der Waals surface area (Å²) in [5, 5.41) is 9.63. The standard InChI is InChI=1S/C16H25NO3S/c1-12-7-4-5-10-16(12)17(3)21(19,20)15-9-6-8-14(11-15)13(2)18/h6,8-9,11-13,16,18H,4-5,7,10H2,1-3H3. The summed E-state index contributed by atoms with van der Waals surface area (Å²) in [5.74, 6) is 0.387. The predicted molar refractivity (Wildman–Crippen MR) is 83.4 cm³/mol. The molecule has 0 aliphatic heterocycles. The van der Waals surface area contributed by atoms with E-state index in [4.69, 9.17) is 0 Å². The topological polar surface area (TPSA) is 57.6 Å². The molecule has 3 unspecified atom stereocenters. The van der Waals surface area contributed by atoms with E-state index in [0.717, 1.165) is 19.3 Å². The van der Waals surface area contributed by atoms with Crippen LogP contribution in [-0.2, 0) is 10.0 Å². The van der Waals surface area contributed by atoms with Crippen LogP contribution in [0.4, 0.5) is 0 Å². The van der Waals surface area contributed by atoms with Gasteiger partial charge in [-0.25, -0.2) is 8.42 Å². The van der Waals surface area contributed by atoms with Gasteiger partial charge in [0, 0.05) is 13.1 Å². The van der Waals surface area contributed by atoms with Gasteiger partial charge in [-0.2, -0.15) is 4.31 Å². The first-order valence-corrected chi connectivity index (χ1v) is 9.04. The van der Waals surface area contributed by atoms with Crippen LogP contribution in [-0.4, -0.2) is 30.9 Å². The molecule has 0 aromatic heterocycles. The Morgan fingerprint density at radius 1 is 1.29 bits per heavy atom. The van der Waals surface area contributed by atoms with Crippen LogP contribution in [0.25, 0.3) is 0 Å². The van der Waals surface area contributed by atoms with Gasteiger partial charge in [-0.3, -0.25) is 0 Å². The molecular weight excluding hydrogens is 286 g/mol. The second-order valence-electron chi connectivity index (χ2n) is 6.10. The minimum Gasteiger partial charge on any atom is -0.389 e. The summed E-state index contributed by atoms with van der Waals surface area (Å²) in [6.45, 7) is 3.76. The maximum absolute atomic E-state index is 12.8. The van der Waals surface area contributed by atoms with Crippen LogP contribution in [0, 0.1) is 5.92 Å². The van der Waals surface area contributed by atoms with Crippen LogP contribution in [0.3, 0.4) is 0 Å². The average Bonchev–Trinajstić information content (AvgIpc) is 2.47. The van der Waals surface area contributed by atoms with Crippen molar-refractivity contribution in [2.24, 2.45) is 5.92 Å². The molecule has 1 N–H and O–H groups in total. The SMILES string of the molecule is CC(O)c1cccc(S(=O)(=O)N(C)C2CCCCC2C)c1. The van der Waals surface area contributed by atoms with Gasteiger partial charge in [0.25, 0.3) is 0 Å². The van der Waals surface area contributed by atoms with Gasteiger partial charge in [-0.05, 0) is 43.4 Å². The summed E-state index contributed by atoms with van der Waals surface area (Å²) in [5.41, 5.74) is 0.626. The van der Waals surface area contributed by atoms with E-state index in [0.29, 0.717) is 11.5 Å². The Morgan fingerprint density at radius 2 is 1.95 bits per heavy atom. The normalized spacial score (nSPS) is 25.0. The molecule has 1 aliphatic carbocycles. The third kappa shape index (κ3) is 3.47. The molecule has 21 heavy (non-hydrogen) atoms. The minimum atomic E-state index is -3.51. The fraction of sp³-hybridized carbons (Fsp3) is 0.625. The van der Waals surface area contributed by atoms with Gasteiger partial charge < -0.3 is 5.11 Å². The van der Waals surface area contributed by atoms with E-state index in [1.54, 1.807) is 38.2 Å². The van der Waals surface area contributed by atoms with E-state index < -0.39 is 16.1 Å². The lowest BCUT2D eigenvalue weighted by atomic mass is 9.86.